The molecule has 6 heteroatoms. The fraction of sp³-hybridized carbons (Fsp3) is 0.0417. The number of allylic oxidation sites excluding steroid dienone is 1. The maximum absolute atomic E-state index is 10.4. The van der Waals surface area contributed by atoms with E-state index in [0.717, 1.165) is 112 Å². The largest absolute Gasteiger partial charge is 0.455 e. The average molecular weight is 691 g/mol. The summed E-state index contributed by atoms with van der Waals surface area (Å²) in [5, 5.41) is 18.0. The van der Waals surface area contributed by atoms with Gasteiger partial charge in [-0.25, -0.2) is 4.98 Å². The lowest BCUT2D eigenvalue weighted by atomic mass is 10.00. The van der Waals surface area contributed by atoms with Crippen LogP contribution in [0.1, 0.15) is 23.2 Å². The summed E-state index contributed by atoms with van der Waals surface area (Å²) in [5.41, 5.74) is 11.7. The van der Waals surface area contributed by atoms with Gasteiger partial charge in [0.1, 0.15) is 34.2 Å². The third-order valence-electron chi connectivity index (χ3n) is 11.2. The zero-order valence-electron chi connectivity index (χ0n) is 28.7. The van der Waals surface area contributed by atoms with Crippen molar-refractivity contribution in [1.29, 1.82) is 5.26 Å². The van der Waals surface area contributed by atoms with E-state index in [0.29, 0.717) is 11.1 Å². The van der Waals surface area contributed by atoms with E-state index in [2.05, 4.69) is 112 Å². The number of rotatable bonds is 3. The first-order chi connectivity index (χ1) is 26.8. The van der Waals surface area contributed by atoms with E-state index >= 15 is 0 Å². The number of benzene rings is 5. The number of fused-ring (bicyclic) bond motifs is 14. The zero-order chi connectivity index (χ0) is 35.5. The summed E-state index contributed by atoms with van der Waals surface area (Å²) in [4.78, 5) is 5.26. The maximum atomic E-state index is 10.4. The molecule has 0 aliphatic heterocycles. The Balaban J connectivity index is 1.18. The molecule has 54 heavy (non-hydrogen) atoms. The van der Waals surface area contributed by atoms with Gasteiger partial charge in [-0.15, -0.1) is 0 Å². The van der Waals surface area contributed by atoms with E-state index in [1.54, 1.807) is 12.1 Å². The molecular weight excluding hydrogens is 665 g/mol. The highest BCUT2D eigenvalue weighted by Crippen LogP contribution is 2.44. The topological polar surface area (TPSA) is 72.8 Å². The Kier molecular flexibility index (Phi) is 5.79. The number of hydrogen-bond acceptors (Lipinski definition) is 4. The first kappa shape index (κ1) is 29.1. The SMILES string of the molecule is N#Cc1ccc#cc1-c1cc(-n2c3ccccc3c3c4oc5ccccc5c4ccc32)ncc1-n1c2c(c3c4oc5ccccc5c4ccc31)C=CCC2. The monoisotopic (exact) mass is 690 g/mol. The van der Waals surface area contributed by atoms with Gasteiger partial charge in [0.15, 0.2) is 0 Å². The van der Waals surface area contributed by atoms with Crippen LogP contribution in [0.3, 0.4) is 0 Å². The normalized spacial score (nSPS) is 12.8. The summed E-state index contributed by atoms with van der Waals surface area (Å²) in [6, 6.07) is 48.0. The van der Waals surface area contributed by atoms with Crippen molar-refractivity contribution in [1.82, 2.24) is 14.1 Å². The van der Waals surface area contributed by atoms with Crippen LogP contribution in [0.4, 0.5) is 0 Å². The molecule has 0 spiro atoms. The molecule has 1 aliphatic carbocycles. The van der Waals surface area contributed by atoms with Crippen molar-refractivity contribution < 1.29 is 8.83 Å². The molecule has 0 bridgehead atoms. The predicted octanol–water partition coefficient (Wildman–Crippen LogP) is 12.0. The first-order valence-electron chi connectivity index (χ1n) is 18.1. The van der Waals surface area contributed by atoms with Crippen molar-refractivity contribution >= 4 is 82.7 Å². The summed E-state index contributed by atoms with van der Waals surface area (Å²) < 4.78 is 17.7. The lowest BCUT2D eigenvalue weighted by Crippen LogP contribution is -2.07. The van der Waals surface area contributed by atoms with Crippen LogP contribution in [0.5, 0.6) is 0 Å². The molecular formula is C48H26N4O2. The Hall–Kier alpha value is -7.54. The standard InChI is InChI=1S/C48H26N4O2/c49-26-28-11-1-2-12-29(28)36-25-44(52-38-18-8-4-16-35(38)46-40(52)24-22-33-31-14-6-10-20-43(31)54-48(33)46)50-27-41(36)51-37-17-7-3-15-34(37)45-39(51)23-21-32-30-13-5-9-19-42(30)53-47(32)45/h1,3-6,8-11,13-16,18-25,27H,7,17H2. The third-order valence-corrected chi connectivity index (χ3v) is 11.2. The van der Waals surface area contributed by atoms with Crippen molar-refractivity contribution in [3.05, 3.63) is 156 Å². The van der Waals surface area contributed by atoms with Crippen LogP contribution in [0, 0.1) is 23.5 Å². The average Bonchev–Trinajstić information content (AvgIpc) is 3.98. The van der Waals surface area contributed by atoms with Gasteiger partial charge in [-0.3, -0.25) is 4.57 Å². The summed E-state index contributed by atoms with van der Waals surface area (Å²) in [6.07, 6.45) is 8.18. The first-order valence-corrected chi connectivity index (χ1v) is 18.1. The van der Waals surface area contributed by atoms with Gasteiger partial charge < -0.3 is 13.4 Å². The number of hydrogen-bond donors (Lipinski definition) is 0. The quantitative estimate of drug-likeness (QED) is 0.185. The van der Waals surface area contributed by atoms with Gasteiger partial charge in [0.05, 0.1) is 50.3 Å². The number of para-hydroxylation sites is 3. The van der Waals surface area contributed by atoms with Crippen molar-refractivity contribution in [2.75, 3.05) is 0 Å². The number of aromatic nitrogens is 3. The summed E-state index contributed by atoms with van der Waals surface area (Å²) in [5.74, 6) is 0.724. The summed E-state index contributed by atoms with van der Waals surface area (Å²) in [7, 11) is 0. The fourth-order valence-corrected chi connectivity index (χ4v) is 8.87. The molecule has 1 aliphatic rings. The number of nitrogens with zero attached hydrogens (tertiary/aromatic N) is 4. The highest BCUT2D eigenvalue weighted by molar-refractivity contribution is 6.24. The van der Waals surface area contributed by atoms with E-state index in [4.69, 9.17) is 13.8 Å². The molecule has 0 amide bonds. The van der Waals surface area contributed by atoms with Gasteiger partial charge in [-0.2, -0.15) is 5.26 Å². The molecule has 0 fully saturated rings. The Morgan fingerprint density at radius 3 is 2.13 bits per heavy atom. The molecule has 0 unspecified atom stereocenters. The Morgan fingerprint density at radius 1 is 0.685 bits per heavy atom. The molecule has 11 aromatic rings. The zero-order valence-corrected chi connectivity index (χ0v) is 28.7. The molecule has 250 valence electrons. The van der Waals surface area contributed by atoms with Gasteiger partial charge in [-0.05, 0) is 73.5 Å². The van der Waals surface area contributed by atoms with Crippen molar-refractivity contribution in [3.8, 4) is 28.7 Å². The molecule has 0 atom stereocenters. The molecule has 5 heterocycles. The van der Waals surface area contributed by atoms with Crippen LogP contribution in [-0.4, -0.2) is 14.1 Å². The van der Waals surface area contributed by atoms with E-state index in [1.807, 2.05) is 36.5 Å². The summed E-state index contributed by atoms with van der Waals surface area (Å²) in [6.45, 7) is 0. The van der Waals surface area contributed by atoms with Crippen LogP contribution in [0.15, 0.2) is 136 Å². The van der Waals surface area contributed by atoms with Gasteiger partial charge >= 0.3 is 0 Å². The third kappa shape index (κ3) is 3.81. The second-order valence-corrected chi connectivity index (χ2v) is 13.9. The molecule has 5 aromatic heterocycles. The van der Waals surface area contributed by atoms with E-state index in [-0.39, 0.29) is 0 Å². The molecule has 12 rings (SSSR count). The molecule has 6 aromatic carbocycles. The summed E-state index contributed by atoms with van der Waals surface area (Å²) >= 11 is 0. The lowest BCUT2D eigenvalue weighted by Gasteiger charge is -2.18. The second-order valence-electron chi connectivity index (χ2n) is 13.9. The number of pyridine rings is 1. The van der Waals surface area contributed by atoms with E-state index < -0.39 is 0 Å². The highest BCUT2D eigenvalue weighted by atomic mass is 16.3. The van der Waals surface area contributed by atoms with Gasteiger partial charge in [0, 0.05) is 43.8 Å². The maximum Gasteiger partial charge on any atom is 0.145 e. The second kappa shape index (κ2) is 10.7. The molecule has 6 nitrogen and oxygen atoms in total. The molecule has 0 radical (unpaired) electrons. The minimum atomic E-state index is 0.517. The Morgan fingerprint density at radius 2 is 1.37 bits per heavy atom. The van der Waals surface area contributed by atoms with Crippen LogP contribution in [0.2, 0.25) is 0 Å². The van der Waals surface area contributed by atoms with Gasteiger partial charge in [0.2, 0.25) is 0 Å². The predicted molar refractivity (Wildman–Crippen MR) is 215 cm³/mol. The highest BCUT2D eigenvalue weighted by Gasteiger charge is 2.26. The van der Waals surface area contributed by atoms with E-state index in [9.17, 15) is 5.26 Å². The lowest BCUT2D eigenvalue weighted by molar-refractivity contribution is 0.672. The minimum Gasteiger partial charge on any atom is -0.455 e. The van der Waals surface area contributed by atoms with Crippen LogP contribution in [-0.2, 0) is 6.42 Å². The smallest absolute Gasteiger partial charge is 0.145 e. The van der Waals surface area contributed by atoms with Crippen LogP contribution in [0.25, 0.3) is 105 Å². The van der Waals surface area contributed by atoms with Gasteiger partial charge in [-0.1, -0.05) is 78.9 Å². The van der Waals surface area contributed by atoms with Crippen molar-refractivity contribution in [3.63, 3.8) is 0 Å². The number of nitriles is 1. The molecule has 0 saturated carbocycles. The fourth-order valence-electron chi connectivity index (χ4n) is 8.87. The van der Waals surface area contributed by atoms with Crippen molar-refractivity contribution in [2.24, 2.45) is 0 Å². The van der Waals surface area contributed by atoms with Crippen molar-refractivity contribution in [2.45, 2.75) is 12.8 Å². The minimum absolute atomic E-state index is 0.517. The van der Waals surface area contributed by atoms with E-state index in [1.165, 1.54) is 5.69 Å². The number of furan rings is 2. The van der Waals surface area contributed by atoms with Crippen LogP contribution < -0.4 is 0 Å². The Bertz CT molecular complexity index is 3470. The molecule has 0 N–H and O–H groups in total. The van der Waals surface area contributed by atoms with Gasteiger partial charge in [0.25, 0.3) is 0 Å². The van der Waals surface area contributed by atoms with Crippen LogP contribution >= 0.6 is 0 Å². The molecule has 0 saturated heterocycles. The Labute approximate surface area is 308 Å².